The zero-order chi connectivity index (χ0) is 11.3. The number of carboxylic acids is 1. The van der Waals surface area contributed by atoms with Crippen molar-refractivity contribution in [3.05, 3.63) is 35.4 Å². The number of carboxylic acid groups (broad SMARTS) is 1. The lowest BCUT2D eigenvalue weighted by Crippen LogP contribution is -1.89. The summed E-state index contributed by atoms with van der Waals surface area (Å²) in [6.07, 6.45) is 2.36. The Morgan fingerprint density at radius 1 is 1.60 bits per heavy atom. The molecule has 0 amide bonds. The van der Waals surface area contributed by atoms with Crippen LogP contribution in [0.3, 0.4) is 0 Å². The molecule has 0 aliphatic rings. The Balaban J connectivity index is 3.09. The fourth-order valence-electron chi connectivity index (χ4n) is 1.07. The van der Waals surface area contributed by atoms with Crippen LogP contribution in [-0.4, -0.2) is 18.2 Å². The van der Waals surface area contributed by atoms with Crippen molar-refractivity contribution in [1.29, 1.82) is 5.26 Å². The monoisotopic (exact) mass is 203 g/mol. The predicted octanol–water partition coefficient (Wildman–Crippen LogP) is 1.66. The van der Waals surface area contributed by atoms with Gasteiger partial charge in [-0.25, -0.2) is 4.79 Å². The van der Waals surface area contributed by atoms with Crippen LogP contribution in [-0.2, 0) is 4.79 Å². The molecule has 1 aromatic rings. The fraction of sp³-hybridized carbons (Fsp3) is 0.0909. The average molecular weight is 203 g/mol. The molecule has 0 aliphatic carbocycles. The Labute approximate surface area is 87.0 Å². The van der Waals surface area contributed by atoms with E-state index in [1.54, 1.807) is 18.2 Å². The summed E-state index contributed by atoms with van der Waals surface area (Å²) >= 11 is 0. The first-order valence-electron chi connectivity index (χ1n) is 4.16. The Kier molecular flexibility index (Phi) is 3.47. The smallest absolute Gasteiger partial charge is 0.328 e. The second kappa shape index (κ2) is 4.82. The largest absolute Gasteiger partial charge is 0.497 e. The summed E-state index contributed by atoms with van der Waals surface area (Å²) in [5, 5.41) is 17.3. The van der Waals surface area contributed by atoms with E-state index in [0.29, 0.717) is 16.9 Å². The second-order valence-corrected chi connectivity index (χ2v) is 2.74. The number of ether oxygens (including phenoxy) is 1. The highest BCUT2D eigenvalue weighted by Gasteiger charge is 2.01. The molecule has 1 rings (SSSR count). The van der Waals surface area contributed by atoms with Crippen molar-refractivity contribution < 1.29 is 14.6 Å². The first kappa shape index (κ1) is 10.8. The summed E-state index contributed by atoms with van der Waals surface area (Å²) in [6, 6.07) is 6.83. The summed E-state index contributed by atoms with van der Waals surface area (Å²) < 4.78 is 4.95. The maximum Gasteiger partial charge on any atom is 0.328 e. The molecular weight excluding hydrogens is 194 g/mol. The number of carbonyl (C=O) groups is 1. The van der Waals surface area contributed by atoms with Gasteiger partial charge in [-0.05, 0) is 29.8 Å². The molecule has 76 valence electrons. The van der Waals surface area contributed by atoms with Gasteiger partial charge >= 0.3 is 5.97 Å². The highest BCUT2D eigenvalue weighted by atomic mass is 16.5. The molecule has 0 saturated carbocycles. The van der Waals surface area contributed by atoms with E-state index in [-0.39, 0.29) is 0 Å². The minimum absolute atomic E-state index is 0.381. The second-order valence-electron chi connectivity index (χ2n) is 2.74. The summed E-state index contributed by atoms with van der Waals surface area (Å²) in [5.41, 5.74) is 0.938. The van der Waals surface area contributed by atoms with Gasteiger partial charge in [-0.15, -0.1) is 0 Å². The van der Waals surface area contributed by atoms with Crippen molar-refractivity contribution >= 4 is 12.0 Å². The van der Waals surface area contributed by atoms with Crippen molar-refractivity contribution in [2.75, 3.05) is 7.11 Å². The third-order valence-electron chi connectivity index (χ3n) is 1.79. The van der Waals surface area contributed by atoms with E-state index < -0.39 is 5.97 Å². The van der Waals surface area contributed by atoms with Crippen molar-refractivity contribution in [2.24, 2.45) is 0 Å². The van der Waals surface area contributed by atoms with E-state index in [1.807, 2.05) is 6.07 Å². The number of hydrogen-bond acceptors (Lipinski definition) is 3. The normalized spacial score (nSPS) is 9.87. The van der Waals surface area contributed by atoms with Crippen molar-refractivity contribution in [1.82, 2.24) is 0 Å². The predicted molar refractivity (Wildman–Crippen MR) is 54.4 cm³/mol. The minimum atomic E-state index is -1.05. The highest BCUT2D eigenvalue weighted by Crippen LogP contribution is 2.17. The number of benzene rings is 1. The Bertz CT molecular complexity index is 444. The van der Waals surface area contributed by atoms with Gasteiger partial charge in [-0.2, -0.15) is 5.26 Å². The van der Waals surface area contributed by atoms with Gasteiger partial charge in [0.25, 0.3) is 0 Å². The molecule has 0 spiro atoms. The average Bonchev–Trinajstić information content (AvgIpc) is 2.25. The maximum absolute atomic E-state index is 10.3. The minimum Gasteiger partial charge on any atom is -0.497 e. The van der Waals surface area contributed by atoms with Crippen LogP contribution in [0.2, 0.25) is 0 Å². The lowest BCUT2D eigenvalue weighted by atomic mass is 10.1. The van der Waals surface area contributed by atoms with Crippen molar-refractivity contribution in [3.63, 3.8) is 0 Å². The van der Waals surface area contributed by atoms with Gasteiger partial charge < -0.3 is 9.84 Å². The van der Waals surface area contributed by atoms with Crippen molar-refractivity contribution in [3.8, 4) is 11.8 Å². The van der Waals surface area contributed by atoms with E-state index in [2.05, 4.69) is 0 Å². The fourth-order valence-corrected chi connectivity index (χ4v) is 1.07. The SMILES string of the molecule is COc1ccc(/C=C\C(=O)O)c(C#N)c1. The lowest BCUT2D eigenvalue weighted by Gasteiger charge is -2.01. The number of rotatable bonds is 3. The molecule has 0 saturated heterocycles. The van der Waals surface area contributed by atoms with Crippen molar-refractivity contribution in [2.45, 2.75) is 0 Å². The standard InChI is InChI=1S/C11H9NO3/c1-15-10-4-2-8(3-5-11(13)14)9(6-10)7-12/h2-6H,1H3,(H,13,14)/b5-3-. The van der Waals surface area contributed by atoms with Gasteiger partial charge in [0.15, 0.2) is 0 Å². The Hall–Kier alpha value is -2.28. The molecule has 0 bridgehead atoms. The van der Waals surface area contributed by atoms with Crippen LogP contribution in [0.25, 0.3) is 6.08 Å². The third-order valence-corrected chi connectivity index (χ3v) is 1.79. The molecule has 0 unspecified atom stereocenters. The van der Waals surface area contributed by atoms with Gasteiger partial charge in [0.2, 0.25) is 0 Å². The molecule has 4 nitrogen and oxygen atoms in total. The molecule has 15 heavy (non-hydrogen) atoms. The van der Waals surface area contributed by atoms with Gasteiger partial charge in [0.05, 0.1) is 18.7 Å². The van der Waals surface area contributed by atoms with E-state index in [0.717, 1.165) is 6.08 Å². The molecule has 1 aromatic carbocycles. The topological polar surface area (TPSA) is 70.3 Å². The number of hydrogen-bond donors (Lipinski definition) is 1. The van der Waals surface area contributed by atoms with Crippen LogP contribution in [0.1, 0.15) is 11.1 Å². The summed E-state index contributed by atoms with van der Waals surface area (Å²) in [4.78, 5) is 10.3. The first-order valence-corrected chi connectivity index (χ1v) is 4.16. The van der Waals surface area contributed by atoms with Gasteiger partial charge in [-0.3, -0.25) is 0 Å². The van der Waals surface area contributed by atoms with Crippen LogP contribution >= 0.6 is 0 Å². The third kappa shape index (κ3) is 2.85. The Morgan fingerprint density at radius 3 is 2.87 bits per heavy atom. The molecule has 0 atom stereocenters. The van der Waals surface area contributed by atoms with E-state index >= 15 is 0 Å². The van der Waals surface area contributed by atoms with Gasteiger partial charge in [-0.1, -0.05) is 0 Å². The summed E-state index contributed by atoms with van der Waals surface area (Å²) in [6.45, 7) is 0. The van der Waals surface area contributed by atoms with E-state index in [4.69, 9.17) is 15.1 Å². The zero-order valence-corrected chi connectivity index (χ0v) is 8.10. The zero-order valence-electron chi connectivity index (χ0n) is 8.10. The number of nitrogens with zero attached hydrogens (tertiary/aromatic N) is 1. The molecule has 0 heterocycles. The molecule has 0 aliphatic heterocycles. The van der Waals surface area contributed by atoms with Gasteiger partial charge in [0, 0.05) is 6.08 Å². The number of methoxy groups -OCH3 is 1. The molecule has 0 fully saturated rings. The Morgan fingerprint density at radius 2 is 2.33 bits per heavy atom. The first-order chi connectivity index (χ1) is 7.17. The van der Waals surface area contributed by atoms with Crippen LogP contribution in [0.4, 0.5) is 0 Å². The molecule has 4 heteroatoms. The van der Waals surface area contributed by atoms with Crippen LogP contribution < -0.4 is 4.74 Å². The van der Waals surface area contributed by atoms with E-state index in [1.165, 1.54) is 13.2 Å². The number of nitriles is 1. The summed E-state index contributed by atoms with van der Waals surface area (Å²) in [7, 11) is 1.50. The molecule has 1 N–H and O–H groups in total. The van der Waals surface area contributed by atoms with Crippen LogP contribution in [0.5, 0.6) is 5.75 Å². The van der Waals surface area contributed by atoms with Crippen LogP contribution in [0.15, 0.2) is 24.3 Å². The molecule has 0 radical (unpaired) electrons. The maximum atomic E-state index is 10.3. The van der Waals surface area contributed by atoms with Gasteiger partial charge in [0.1, 0.15) is 5.75 Å². The molecule has 0 aromatic heterocycles. The lowest BCUT2D eigenvalue weighted by molar-refractivity contribution is -0.131. The summed E-state index contributed by atoms with van der Waals surface area (Å²) in [5.74, 6) is -0.478. The quantitative estimate of drug-likeness (QED) is 0.758. The molecular formula is C11H9NO3. The van der Waals surface area contributed by atoms with E-state index in [9.17, 15) is 4.79 Å². The highest BCUT2D eigenvalue weighted by molar-refractivity contribution is 5.85. The number of aliphatic carboxylic acids is 1. The van der Waals surface area contributed by atoms with Crippen LogP contribution in [0, 0.1) is 11.3 Å².